The lowest BCUT2D eigenvalue weighted by Gasteiger charge is -2.24. The molecule has 29 heavy (non-hydrogen) atoms. The first-order chi connectivity index (χ1) is 13.9. The second kappa shape index (κ2) is 9.02. The van der Waals surface area contributed by atoms with Gasteiger partial charge in [0.15, 0.2) is 0 Å². The minimum atomic E-state index is -3.92. The molecule has 0 aliphatic rings. The van der Waals surface area contributed by atoms with Gasteiger partial charge in [0, 0.05) is 4.88 Å². The van der Waals surface area contributed by atoms with E-state index < -0.39 is 15.9 Å². The van der Waals surface area contributed by atoms with Crippen LogP contribution in [0.4, 0.5) is 5.69 Å². The summed E-state index contributed by atoms with van der Waals surface area (Å²) >= 11 is 1.48. The van der Waals surface area contributed by atoms with Crippen LogP contribution in [0.2, 0.25) is 0 Å². The summed E-state index contributed by atoms with van der Waals surface area (Å²) in [7, 11) is -3.92. The Morgan fingerprint density at radius 2 is 1.66 bits per heavy atom. The number of rotatable bonds is 7. The van der Waals surface area contributed by atoms with E-state index in [1.807, 2.05) is 31.4 Å². The van der Waals surface area contributed by atoms with Crippen molar-refractivity contribution >= 4 is 39.2 Å². The van der Waals surface area contributed by atoms with E-state index >= 15 is 0 Å². The Kier molecular flexibility index (Phi) is 6.46. The lowest BCUT2D eigenvalue weighted by atomic mass is 10.2. The van der Waals surface area contributed by atoms with E-state index in [1.165, 1.54) is 17.6 Å². The van der Waals surface area contributed by atoms with E-state index in [1.54, 1.807) is 48.5 Å². The standard InChI is InChI=1S/C21H21N3O3S2/c1-16-5-9-18(10-6-16)24(29(26,27)20-11-7-17(2)8-12-20)15-21(25)23-22-14-19-4-3-13-28-19/h3-14H,15H2,1-2H3,(H,23,25). The third-order valence-corrected chi connectivity index (χ3v) is 6.74. The van der Waals surface area contributed by atoms with E-state index in [0.29, 0.717) is 5.69 Å². The summed E-state index contributed by atoms with van der Waals surface area (Å²) in [6.45, 7) is 3.41. The number of carbonyl (C=O) groups excluding carboxylic acids is 1. The number of carbonyl (C=O) groups is 1. The highest BCUT2D eigenvalue weighted by Crippen LogP contribution is 2.24. The van der Waals surface area contributed by atoms with Gasteiger partial charge in [-0.2, -0.15) is 5.10 Å². The van der Waals surface area contributed by atoms with Crippen molar-refractivity contribution in [1.82, 2.24) is 5.43 Å². The van der Waals surface area contributed by atoms with Crippen LogP contribution < -0.4 is 9.73 Å². The van der Waals surface area contributed by atoms with Crippen molar-refractivity contribution in [3.63, 3.8) is 0 Å². The van der Waals surface area contributed by atoms with Crippen LogP contribution in [0.3, 0.4) is 0 Å². The molecular formula is C21H21N3O3S2. The zero-order valence-corrected chi connectivity index (χ0v) is 17.7. The van der Waals surface area contributed by atoms with Crippen molar-refractivity contribution in [2.45, 2.75) is 18.7 Å². The molecule has 0 unspecified atom stereocenters. The van der Waals surface area contributed by atoms with Gasteiger partial charge in [-0.25, -0.2) is 13.8 Å². The number of hydrogen-bond donors (Lipinski definition) is 1. The lowest BCUT2D eigenvalue weighted by molar-refractivity contribution is -0.119. The number of anilines is 1. The van der Waals surface area contributed by atoms with Gasteiger partial charge in [-0.3, -0.25) is 9.10 Å². The highest BCUT2D eigenvalue weighted by molar-refractivity contribution is 7.92. The molecule has 0 spiro atoms. The molecule has 3 aromatic rings. The fourth-order valence-electron chi connectivity index (χ4n) is 2.56. The molecule has 0 radical (unpaired) electrons. The van der Waals surface area contributed by atoms with Crippen LogP contribution in [0, 0.1) is 13.8 Å². The molecular weight excluding hydrogens is 406 g/mol. The van der Waals surface area contributed by atoms with Gasteiger partial charge in [-0.15, -0.1) is 11.3 Å². The van der Waals surface area contributed by atoms with Crippen LogP contribution in [0.25, 0.3) is 0 Å². The Hall–Kier alpha value is -2.97. The summed E-state index contributed by atoms with van der Waals surface area (Å²) in [5.74, 6) is -0.533. The highest BCUT2D eigenvalue weighted by atomic mass is 32.2. The number of sulfonamides is 1. The van der Waals surface area contributed by atoms with Crippen LogP contribution in [0.1, 0.15) is 16.0 Å². The Morgan fingerprint density at radius 3 is 2.24 bits per heavy atom. The molecule has 1 heterocycles. The summed E-state index contributed by atoms with van der Waals surface area (Å²) < 4.78 is 27.6. The van der Waals surface area contributed by atoms with Crippen LogP contribution >= 0.6 is 11.3 Å². The average Bonchev–Trinajstić information content (AvgIpc) is 3.21. The van der Waals surface area contributed by atoms with Crippen molar-refractivity contribution in [1.29, 1.82) is 0 Å². The quantitative estimate of drug-likeness (QED) is 0.461. The molecule has 6 nitrogen and oxygen atoms in total. The molecule has 0 saturated heterocycles. The molecule has 2 aromatic carbocycles. The molecule has 0 saturated carbocycles. The van der Waals surface area contributed by atoms with Gasteiger partial charge in [0.05, 0.1) is 16.8 Å². The van der Waals surface area contributed by atoms with Gasteiger partial charge in [-0.05, 0) is 49.6 Å². The van der Waals surface area contributed by atoms with Gasteiger partial charge in [0.25, 0.3) is 15.9 Å². The topological polar surface area (TPSA) is 78.8 Å². The van der Waals surface area contributed by atoms with Crippen LogP contribution in [-0.2, 0) is 14.8 Å². The zero-order valence-electron chi connectivity index (χ0n) is 16.1. The zero-order chi connectivity index (χ0) is 20.9. The molecule has 3 rings (SSSR count). The Bertz CT molecular complexity index is 1090. The maximum absolute atomic E-state index is 13.2. The maximum atomic E-state index is 13.2. The van der Waals surface area contributed by atoms with Gasteiger partial charge >= 0.3 is 0 Å². The SMILES string of the molecule is Cc1ccc(N(CC(=O)NN=Cc2cccs2)S(=O)(=O)c2ccc(C)cc2)cc1. The van der Waals surface area contributed by atoms with Gasteiger partial charge in [-0.1, -0.05) is 41.5 Å². The fourth-order valence-corrected chi connectivity index (χ4v) is 4.57. The van der Waals surface area contributed by atoms with Crippen LogP contribution in [0.5, 0.6) is 0 Å². The minimum absolute atomic E-state index is 0.124. The lowest BCUT2D eigenvalue weighted by Crippen LogP contribution is -2.39. The third-order valence-electron chi connectivity index (χ3n) is 4.14. The van der Waals surface area contributed by atoms with Crippen molar-refractivity contribution in [3.8, 4) is 0 Å². The number of nitrogens with zero attached hydrogens (tertiary/aromatic N) is 2. The van der Waals surface area contributed by atoms with E-state index in [9.17, 15) is 13.2 Å². The maximum Gasteiger partial charge on any atom is 0.264 e. The summed E-state index contributed by atoms with van der Waals surface area (Å²) in [6, 6.07) is 17.3. The van der Waals surface area contributed by atoms with E-state index in [2.05, 4.69) is 10.5 Å². The molecule has 0 fully saturated rings. The second-order valence-corrected chi connectivity index (χ2v) is 9.31. The summed E-state index contributed by atoms with van der Waals surface area (Å²) in [5.41, 5.74) is 4.75. The predicted octanol–water partition coefficient (Wildman–Crippen LogP) is 3.71. The smallest absolute Gasteiger partial charge is 0.264 e. The monoisotopic (exact) mass is 427 g/mol. The predicted molar refractivity (Wildman–Crippen MR) is 117 cm³/mol. The number of amides is 1. The first-order valence-electron chi connectivity index (χ1n) is 8.88. The summed E-state index contributed by atoms with van der Waals surface area (Å²) in [6.07, 6.45) is 1.52. The average molecular weight is 428 g/mol. The second-order valence-electron chi connectivity index (χ2n) is 6.47. The van der Waals surface area contributed by atoms with E-state index in [0.717, 1.165) is 20.3 Å². The number of thiophene rings is 1. The molecule has 1 N–H and O–H groups in total. The number of hydrazone groups is 1. The van der Waals surface area contributed by atoms with Gasteiger partial charge in [0.1, 0.15) is 6.54 Å². The van der Waals surface area contributed by atoms with Crippen LogP contribution in [-0.4, -0.2) is 27.1 Å². The normalized spacial score (nSPS) is 11.5. The van der Waals surface area contributed by atoms with E-state index in [-0.39, 0.29) is 11.4 Å². The molecule has 0 bridgehead atoms. The fraction of sp³-hybridized carbons (Fsp3) is 0.143. The summed E-state index contributed by atoms with van der Waals surface area (Å²) in [4.78, 5) is 13.4. The van der Waals surface area contributed by atoms with Crippen molar-refractivity contribution < 1.29 is 13.2 Å². The number of hydrogen-bond acceptors (Lipinski definition) is 5. The first-order valence-corrected chi connectivity index (χ1v) is 11.2. The van der Waals surface area contributed by atoms with Crippen molar-refractivity contribution in [3.05, 3.63) is 82.0 Å². The molecule has 1 amide bonds. The number of nitrogens with one attached hydrogen (secondary N) is 1. The minimum Gasteiger partial charge on any atom is -0.271 e. The number of aryl methyl sites for hydroxylation is 2. The van der Waals surface area contributed by atoms with Gasteiger partial charge < -0.3 is 0 Å². The molecule has 8 heteroatoms. The van der Waals surface area contributed by atoms with Gasteiger partial charge in [0.2, 0.25) is 0 Å². The molecule has 0 atom stereocenters. The summed E-state index contributed by atoms with van der Waals surface area (Å²) in [5, 5.41) is 5.80. The Labute approximate surface area is 174 Å². The number of benzene rings is 2. The largest absolute Gasteiger partial charge is 0.271 e. The van der Waals surface area contributed by atoms with Crippen LogP contribution in [0.15, 0.2) is 76.0 Å². The molecule has 1 aromatic heterocycles. The first kappa shape index (κ1) is 20.8. The molecule has 150 valence electrons. The van der Waals surface area contributed by atoms with Crippen molar-refractivity contribution in [2.75, 3.05) is 10.8 Å². The molecule has 0 aliphatic heterocycles. The van der Waals surface area contributed by atoms with Crippen molar-refractivity contribution in [2.24, 2.45) is 5.10 Å². The third kappa shape index (κ3) is 5.30. The Balaban J connectivity index is 1.85. The molecule has 0 aliphatic carbocycles. The van der Waals surface area contributed by atoms with E-state index in [4.69, 9.17) is 0 Å². The highest BCUT2D eigenvalue weighted by Gasteiger charge is 2.27. The Morgan fingerprint density at radius 1 is 1.03 bits per heavy atom.